The van der Waals surface area contributed by atoms with Crippen LogP contribution in [0.4, 0.5) is 5.69 Å². The topological polar surface area (TPSA) is 48.1 Å². The summed E-state index contributed by atoms with van der Waals surface area (Å²) in [6, 6.07) is 23.4. The molecule has 4 rings (SSSR count). The Labute approximate surface area is 158 Å². The van der Waals surface area contributed by atoms with E-state index in [1.807, 2.05) is 95.5 Å². The van der Waals surface area contributed by atoms with Crippen LogP contribution >= 0.6 is 22.6 Å². The molecule has 4 nitrogen and oxygen atoms in total. The fraction of sp³-hybridized carbons (Fsp3) is 0. The molecule has 1 heterocycles. The molecular formula is C20H13IN2O2. The summed E-state index contributed by atoms with van der Waals surface area (Å²) in [4.78, 5) is 11.3. The molecule has 0 radical (unpaired) electrons. The second-order valence-corrected chi connectivity index (χ2v) is 6.82. The van der Waals surface area contributed by atoms with Crippen LogP contribution in [-0.2, 0) is 0 Å². The van der Waals surface area contributed by atoms with Crippen LogP contribution < -0.4 is 0 Å². The number of nitro benzene ring substituents is 1. The van der Waals surface area contributed by atoms with Crippen molar-refractivity contribution in [3.05, 3.63) is 92.7 Å². The first-order valence-corrected chi connectivity index (χ1v) is 8.83. The highest BCUT2D eigenvalue weighted by atomic mass is 127. The van der Waals surface area contributed by atoms with E-state index >= 15 is 0 Å². The van der Waals surface area contributed by atoms with Gasteiger partial charge in [-0.1, -0.05) is 42.5 Å². The van der Waals surface area contributed by atoms with Crippen LogP contribution in [0.5, 0.6) is 0 Å². The molecule has 0 aliphatic heterocycles. The van der Waals surface area contributed by atoms with E-state index in [0.717, 1.165) is 22.2 Å². The quantitative estimate of drug-likeness (QED) is 0.229. The smallest absolute Gasteiger partial charge is 0.290 e. The summed E-state index contributed by atoms with van der Waals surface area (Å²) >= 11 is 2.02. The van der Waals surface area contributed by atoms with E-state index in [2.05, 4.69) is 4.57 Å². The number of nitrogens with zero attached hydrogens (tertiary/aromatic N) is 2. The highest BCUT2D eigenvalue weighted by molar-refractivity contribution is 14.1. The molecule has 1 aromatic heterocycles. The number of benzene rings is 3. The predicted octanol–water partition coefficient (Wildman–Crippen LogP) is 5.81. The highest BCUT2D eigenvalue weighted by Crippen LogP contribution is 2.39. The first-order valence-electron chi connectivity index (χ1n) is 7.75. The number of hydrogen-bond acceptors (Lipinski definition) is 2. The zero-order valence-corrected chi connectivity index (χ0v) is 15.3. The Morgan fingerprint density at radius 2 is 1.56 bits per heavy atom. The van der Waals surface area contributed by atoms with Crippen LogP contribution in [0, 0.1) is 13.7 Å². The Bertz CT molecular complexity index is 1090. The number of aromatic nitrogens is 1. The molecule has 0 bridgehead atoms. The van der Waals surface area contributed by atoms with Crippen LogP contribution in [0.25, 0.3) is 27.7 Å². The maximum absolute atomic E-state index is 11.6. The van der Waals surface area contributed by atoms with Gasteiger partial charge >= 0.3 is 0 Å². The van der Waals surface area contributed by atoms with Crippen LogP contribution in [0.15, 0.2) is 79.0 Å². The van der Waals surface area contributed by atoms with Gasteiger partial charge in [0.25, 0.3) is 5.69 Å². The Morgan fingerprint density at radius 3 is 2.32 bits per heavy atom. The van der Waals surface area contributed by atoms with Gasteiger partial charge < -0.3 is 4.57 Å². The molecule has 4 aromatic rings. The van der Waals surface area contributed by atoms with Crippen LogP contribution in [-0.4, -0.2) is 9.49 Å². The first-order chi connectivity index (χ1) is 12.2. The third kappa shape index (κ3) is 2.70. The minimum Gasteiger partial charge on any atom is -0.316 e. The molecule has 3 aromatic carbocycles. The van der Waals surface area contributed by atoms with Gasteiger partial charge in [0.05, 0.1) is 19.6 Å². The Balaban J connectivity index is 2.06. The van der Waals surface area contributed by atoms with Crippen LogP contribution in [0.2, 0.25) is 0 Å². The molecule has 0 spiro atoms. The second-order valence-electron chi connectivity index (χ2n) is 5.66. The minimum atomic E-state index is -0.300. The molecule has 0 aliphatic rings. The molecule has 0 N–H and O–H groups in total. The molecular weight excluding hydrogens is 427 g/mol. The predicted molar refractivity (Wildman–Crippen MR) is 108 cm³/mol. The lowest BCUT2D eigenvalue weighted by atomic mass is 10.0. The Kier molecular flexibility index (Phi) is 4.01. The SMILES string of the molecule is O=[N+]([O-])c1c(I)cccc1-c1cn(-c2ccccc2)c2ccccc12. The lowest BCUT2D eigenvalue weighted by Gasteiger charge is -2.04. The molecule has 0 amide bonds. The molecule has 0 aliphatic carbocycles. The number of para-hydroxylation sites is 3. The van der Waals surface area contributed by atoms with Crippen molar-refractivity contribution in [2.45, 2.75) is 0 Å². The second kappa shape index (κ2) is 6.33. The highest BCUT2D eigenvalue weighted by Gasteiger charge is 2.22. The van der Waals surface area contributed by atoms with Gasteiger partial charge in [-0.25, -0.2) is 0 Å². The van der Waals surface area contributed by atoms with Crippen molar-refractivity contribution in [2.24, 2.45) is 0 Å². The summed E-state index contributed by atoms with van der Waals surface area (Å²) in [6.45, 7) is 0. The van der Waals surface area contributed by atoms with Crippen molar-refractivity contribution in [1.29, 1.82) is 0 Å². The normalized spacial score (nSPS) is 10.9. The zero-order valence-electron chi connectivity index (χ0n) is 13.1. The molecule has 0 saturated heterocycles. The van der Waals surface area contributed by atoms with E-state index in [0.29, 0.717) is 9.13 Å². The van der Waals surface area contributed by atoms with Crippen molar-refractivity contribution in [2.75, 3.05) is 0 Å². The standard InChI is InChI=1S/C20H13IN2O2/c21-18-11-6-10-16(20(18)23(24)25)17-13-22(14-7-2-1-3-8-14)19-12-5-4-9-15(17)19/h1-13H. The average Bonchev–Trinajstić information content (AvgIpc) is 3.01. The van der Waals surface area contributed by atoms with Crippen molar-refractivity contribution in [3.8, 4) is 16.8 Å². The maximum atomic E-state index is 11.6. The summed E-state index contributed by atoms with van der Waals surface area (Å²) < 4.78 is 2.71. The van der Waals surface area contributed by atoms with E-state index in [-0.39, 0.29) is 10.6 Å². The van der Waals surface area contributed by atoms with E-state index in [1.165, 1.54) is 0 Å². The number of rotatable bonds is 3. The van der Waals surface area contributed by atoms with Gasteiger partial charge in [-0.2, -0.15) is 0 Å². The monoisotopic (exact) mass is 440 g/mol. The number of fused-ring (bicyclic) bond motifs is 1. The summed E-state index contributed by atoms with van der Waals surface area (Å²) in [5.74, 6) is 0. The van der Waals surface area contributed by atoms with Crippen molar-refractivity contribution >= 4 is 39.2 Å². The van der Waals surface area contributed by atoms with E-state index < -0.39 is 0 Å². The lowest BCUT2D eigenvalue weighted by Crippen LogP contribution is -1.95. The Hall–Kier alpha value is -2.67. The van der Waals surface area contributed by atoms with Crippen molar-refractivity contribution in [3.63, 3.8) is 0 Å². The number of halogens is 1. The van der Waals surface area contributed by atoms with Crippen LogP contribution in [0.3, 0.4) is 0 Å². The Morgan fingerprint density at radius 1 is 0.840 bits per heavy atom. The molecule has 0 atom stereocenters. The largest absolute Gasteiger partial charge is 0.316 e. The van der Waals surface area contributed by atoms with E-state index in [9.17, 15) is 10.1 Å². The molecule has 5 heteroatoms. The number of hydrogen-bond donors (Lipinski definition) is 0. The van der Waals surface area contributed by atoms with Crippen molar-refractivity contribution in [1.82, 2.24) is 4.57 Å². The molecule has 0 unspecified atom stereocenters. The lowest BCUT2D eigenvalue weighted by molar-refractivity contribution is -0.385. The van der Waals surface area contributed by atoms with E-state index in [1.54, 1.807) is 6.07 Å². The van der Waals surface area contributed by atoms with Gasteiger partial charge in [0.2, 0.25) is 0 Å². The van der Waals surface area contributed by atoms with Gasteiger partial charge in [0.1, 0.15) is 0 Å². The summed E-state index contributed by atoms with van der Waals surface area (Å²) in [5, 5.41) is 12.6. The third-order valence-electron chi connectivity index (χ3n) is 4.21. The van der Waals surface area contributed by atoms with Gasteiger partial charge in [0, 0.05) is 22.8 Å². The van der Waals surface area contributed by atoms with Gasteiger partial charge in [0.15, 0.2) is 0 Å². The van der Waals surface area contributed by atoms with Gasteiger partial charge in [-0.15, -0.1) is 0 Å². The molecule has 0 saturated carbocycles. The first kappa shape index (κ1) is 15.8. The van der Waals surface area contributed by atoms with E-state index in [4.69, 9.17) is 0 Å². The summed E-state index contributed by atoms with van der Waals surface area (Å²) in [7, 11) is 0. The van der Waals surface area contributed by atoms with Crippen molar-refractivity contribution < 1.29 is 4.92 Å². The minimum absolute atomic E-state index is 0.152. The van der Waals surface area contributed by atoms with Crippen LogP contribution in [0.1, 0.15) is 0 Å². The average molecular weight is 440 g/mol. The van der Waals surface area contributed by atoms with Gasteiger partial charge in [-0.05, 0) is 52.9 Å². The summed E-state index contributed by atoms with van der Waals surface area (Å²) in [6.07, 6.45) is 1.98. The van der Waals surface area contributed by atoms with Gasteiger partial charge in [-0.3, -0.25) is 10.1 Å². The maximum Gasteiger partial charge on any atom is 0.290 e. The molecule has 25 heavy (non-hydrogen) atoms. The molecule has 122 valence electrons. The fourth-order valence-electron chi connectivity index (χ4n) is 3.11. The molecule has 0 fully saturated rings. The fourth-order valence-corrected chi connectivity index (χ4v) is 3.81. The number of nitro groups is 1. The zero-order chi connectivity index (χ0) is 17.4. The third-order valence-corrected chi connectivity index (χ3v) is 5.08. The summed E-state index contributed by atoms with van der Waals surface area (Å²) in [5.41, 5.74) is 3.71.